The van der Waals surface area contributed by atoms with Gasteiger partial charge in [-0.1, -0.05) is 87.6 Å². The lowest BCUT2D eigenvalue weighted by molar-refractivity contribution is 0.343. The predicted molar refractivity (Wildman–Crippen MR) is 144 cm³/mol. The minimum Gasteiger partial charge on any atom is -0.158 e. The van der Waals surface area contributed by atoms with E-state index in [1.165, 1.54) is 95.6 Å². The second kappa shape index (κ2) is 12.0. The quantitative estimate of drug-likeness (QED) is 0.249. The Balaban J connectivity index is 1.43. The van der Waals surface area contributed by atoms with Crippen molar-refractivity contribution in [3.05, 3.63) is 59.3 Å². The first kappa shape index (κ1) is 24.2. The van der Waals surface area contributed by atoms with Crippen LogP contribution in [-0.2, 0) is 0 Å². The minimum absolute atomic E-state index is 0.314. The van der Waals surface area contributed by atoms with Gasteiger partial charge in [0.25, 0.3) is 0 Å². The standard InChI is InChI=1S/C31H46S/c1-3-4-5-8-15-27-20-23-32-30(27)28-18-16-25(17-19-28)24-29(26-13-9-6-10-14-26)31(2)21-11-7-12-22-31/h6-7,9,11,13,16,24,27-28,30H,3-5,8,10,12,14-15,17-23H2,1-2H3/b29-24-. The molecular weight excluding hydrogens is 404 g/mol. The van der Waals surface area contributed by atoms with Gasteiger partial charge in [0.15, 0.2) is 0 Å². The average Bonchev–Trinajstić information content (AvgIpc) is 3.30. The molecule has 0 aromatic heterocycles. The van der Waals surface area contributed by atoms with E-state index in [0.717, 1.165) is 17.1 Å². The van der Waals surface area contributed by atoms with Crippen LogP contribution in [0.2, 0.25) is 0 Å². The van der Waals surface area contributed by atoms with Crippen LogP contribution < -0.4 is 0 Å². The molecule has 3 aliphatic carbocycles. The van der Waals surface area contributed by atoms with E-state index >= 15 is 0 Å². The molecule has 1 fully saturated rings. The Bertz CT molecular complexity index is 763. The monoisotopic (exact) mass is 450 g/mol. The van der Waals surface area contributed by atoms with Crippen LogP contribution in [0.4, 0.5) is 0 Å². The Labute approximate surface area is 202 Å². The lowest BCUT2D eigenvalue weighted by Gasteiger charge is -2.36. The maximum Gasteiger partial charge on any atom is 0.0107 e. The summed E-state index contributed by atoms with van der Waals surface area (Å²) in [5, 5.41) is 0.935. The summed E-state index contributed by atoms with van der Waals surface area (Å²) < 4.78 is 0. The lowest BCUT2D eigenvalue weighted by Crippen LogP contribution is -2.25. The van der Waals surface area contributed by atoms with Crippen molar-refractivity contribution in [3.63, 3.8) is 0 Å². The number of allylic oxidation sites excluding steroid dienone is 10. The highest BCUT2D eigenvalue weighted by Gasteiger charge is 2.35. The molecule has 0 aromatic rings. The molecule has 1 heterocycles. The molecule has 1 aliphatic heterocycles. The van der Waals surface area contributed by atoms with Crippen LogP contribution in [0, 0.1) is 17.3 Å². The van der Waals surface area contributed by atoms with E-state index in [2.05, 4.69) is 68.1 Å². The SMILES string of the molecule is CCCCCCC1CCSC1C1CC=C(/C=C(/C2=CC=CCC2)C2(C)CC=CCC2)CC1. The van der Waals surface area contributed by atoms with Crippen molar-refractivity contribution in [1.82, 2.24) is 0 Å². The third-order valence-corrected chi connectivity index (χ3v) is 10.2. The highest BCUT2D eigenvalue weighted by atomic mass is 32.2. The van der Waals surface area contributed by atoms with Gasteiger partial charge >= 0.3 is 0 Å². The van der Waals surface area contributed by atoms with Crippen molar-refractivity contribution in [2.24, 2.45) is 17.3 Å². The molecule has 4 aliphatic rings. The van der Waals surface area contributed by atoms with E-state index in [9.17, 15) is 0 Å². The Morgan fingerprint density at radius 1 is 1.09 bits per heavy atom. The molecule has 0 aromatic carbocycles. The summed E-state index contributed by atoms with van der Waals surface area (Å²) in [6.07, 6.45) is 36.0. The molecule has 4 unspecified atom stereocenters. The summed E-state index contributed by atoms with van der Waals surface area (Å²) in [5.41, 5.74) is 5.20. The van der Waals surface area contributed by atoms with Crippen LogP contribution in [0.1, 0.15) is 104 Å². The van der Waals surface area contributed by atoms with Crippen LogP contribution >= 0.6 is 11.8 Å². The third kappa shape index (κ3) is 6.13. The van der Waals surface area contributed by atoms with E-state index in [4.69, 9.17) is 0 Å². The van der Waals surface area contributed by atoms with Gasteiger partial charge in [-0.05, 0) is 98.4 Å². The number of hydrogen-bond acceptors (Lipinski definition) is 1. The molecular formula is C31H46S. The maximum atomic E-state index is 2.64. The van der Waals surface area contributed by atoms with Gasteiger partial charge < -0.3 is 0 Å². The molecule has 0 bridgehead atoms. The van der Waals surface area contributed by atoms with Crippen molar-refractivity contribution in [2.75, 3.05) is 5.75 Å². The Hall–Kier alpha value is -0.950. The van der Waals surface area contributed by atoms with E-state index in [1.807, 2.05) is 0 Å². The Morgan fingerprint density at radius 3 is 2.75 bits per heavy atom. The summed E-state index contributed by atoms with van der Waals surface area (Å²) in [6.45, 7) is 4.85. The minimum atomic E-state index is 0.314. The lowest BCUT2D eigenvalue weighted by atomic mass is 9.68. The van der Waals surface area contributed by atoms with Crippen molar-refractivity contribution < 1.29 is 0 Å². The summed E-state index contributed by atoms with van der Waals surface area (Å²) in [7, 11) is 0. The molecule has 0 amide bonds. The van der Waals surface area contributed by atoms with Gasteiger partial charge in [-0.3, -0.25) is 0 Å². The molecule has 0 saturated carbocycles. The van der Waals surface area contributed by atoms with Crippen molar-refractivity contribution >= 4 is 11.8 Å². The van der Waals surface area contributed by atoms with Crippen LogP contribution in [-0.4, -0.2) is 11.0 Å². The first-order valence-electron chi connectivity index (χ1n) is 13.7. The van der Waals surface area contributed by atoms with Crippen LogP contribution in [0.3, 0.4) is 0 Å². The van der Waals surface area contributed by atoms with Crippen molar-refractivity contribution in [1.29, 1.82) is 0 Å². The third-order valence-electron chi connectivity index (χ3n) is 8.58. The van der Waals surface area contributed by atoms with Gasteiger partial charge in [0, 0.05) is 5.25 Å². The Morgan fingerprint density at radius 2 is 2.03 bits per heavy atom. The number of unbranched alkanes of at least 4 members (excludes halogenated alkanes) is 3. The molecule has 176 valence electrons. The van der Waals surface area contributed by atoms with Gasteiger partial charge in [-0.25, -0.2) is 0 Å². The van der Waals surface area contributed by atoms with Crippen molar-refractivity contribution in [2.45, 2.75) is 109 Å². The summed E-state index contributed by atoms with van der Waals surface area (Å²) >= 11 is 2.31. The van der Waals surface area contributed by atoms with E-state index in [0.29, 0.717) is 5.41 Å². The van der Waals surface area contributed by atoms with Gasteiger partial charge in [0.1, 0.15) is 0 Å². The molecule has 0 N–H and O–H groups in total. The Kier molecular flexibility index (Phi) is 9.04. The maximum absolute atomic E-state index is 2.64. The first-order chi connectivity index (χ1) is 15.7. The zero-order valence-corrected chi connectivity index (χ0v) is 21.6. The highest BCUT2D eigenvalue weighted by molar-refractivity contribution is 8.00. The van der Waals surface area contributed by atoms with E-state index in [1.54, 1.807) is 16.7 Å². The second-order valence-electron chi connectivity index (χ2n) is 11.0. The molecule has 0 spiro atoms. The highest BCUT2D eigenvalue weighted by Crippen LogP contribution is 2.47. The zero-order valence-electron chi connectivity index (χ0n) is 20.8. The number of hydrogen-bond donors (Lipinski definition) is 0. The number of rotatable bonds is 9. The largest absolute Gasteiger partial charge is 0.158 e. The van der Waals surface area contributed by atoms with Crippen LogP contribution in [0.15, 0.2) is 59.3 Å². The van der Waals surface area contributed by atoms with Gasteiger partial charge in [0.05, 0.1) is 0 Å². The molecule has 0 nitrogen and oxygen atoms in total. The summed E-state index contributed by atoms with van der Waals surface area (Å²) in [5.74, 6) is 3.33. The van der Waals surface area contributed by atoms with Crippen LogP contribution in [0.25, 0.3) is 0 Å². The molecule has 1 saturated heterocycles. The van der Waals surface area contributed by atoms with Crippen molar-refractivity contribution in [3.8, 4) is 0 Å². The fourth-order valence-electron chi connectivity index (χ4n) is 6.50. The average molecular weight is 451 g/mol. The second-order valence-corrected chi connectivity index (χ2v) is 12.3. The first-order valence-corrected chi connectivity index (χ1v) is 14.8. The van der Waals surface area contributed by atoms with E-state index < -0.39 is 0 Å². The molecule has 4 atom stereocenters. The van der Waals surface area contributed by atoms with E-state index in [-0.39, 0.29) is 0 Å². The molecule has 32 heavy (non-hydrogen) atoms. The summed E-state index contributed by atoms with van der Waals surface area (Å²) in [6, 6.07) is 0. The van der Waals surface area contributed by atoms with Gasteiger partial charge in [-0.2, -0.15) is 11.8 Å². The van der Waals surface area contributed by atoms with Gasteiger partial charge in [0.2, 0.25) is 0 Å². The molecule has 0 radical (unpaired) electrons. The smallest absolute Gasteiger partial charge is 0.0107 e. The molecule has 4 rings (SSSR count). The fraction of sp³-hybridized carbons (Fsp3) is 0.677. The van der Waals surface area contributed by atoms with Crippen LogP contribution in [0.5, 0.6) is 0 Å². The fourth-order valence-corrected chi connectivity index (χ4v) is 8.27. The predicted octanol–water partition coefficient (Wildman–Crippen LogP) is 9.75. The normalized spacial score (nSPS) is 33.3. The summed E-state index contributed by atoms with van der Waals surface area (Å²) in [4.78, 5) is 0. The zero-order chi connectivity index (χ0) is 22.2. The molecule has 1 heteroatoms. The topological polar surface area (TPSA) is 0 Å². The van der Waals surface area contributed by atoms with Gasteiger partial charge in [-0.15, -0.1) is 0 Å². The number of thioether (sulfide) groups is 1.